The van der Waals surface area contributed by atoms with E-state index in [9.17, 15) is 0 Å². The summed E-state index contributed by atoms with van der Waals surface area (Å²) in [6.07, 6.45) is 7.15. The van der Waals surface area contributed by atoms with E-state index in [-0.39, 0.29) is 17.1 Å². The fraction of sp³-hybridized carbons (Fsp3) is 0.0455. The molecule has 0 saturated heterocycles. The third-order valence-electron chi connectivity index (χ3n) is 8.13. The molecule has 6 aromatic heterocycles. The molecular formula is C44H34Cl2MnN6O8. The zero-order chi connectivity index (χ0) is 43.1. The summed E-state index contributed by atoms with van der Waals surface area (Å²) in [4.78, 5) is 27.4. The van der Waals surface area contributed by atoms with E-state index in [0.29, 0.717) is 0 Å². The fourth-order valence-electron chi connectivity index (χ4n) is 5.47. The molecule has 0 fully saturated rings. The normalized spacial score (nSPS) is 10.7. The number of hydrogen-bond acceptors (Lipinski definition) is 14. The second-order valence-electron chi connectivity index (χ2n) is 12.6. The van der Waals surface area contributed by atoms with Gasteiger partial charge in [-0.05, 0) is 109 Å². The first kappa shape index (κ1) is 47.8. The van der Waals surface area contributed by atoms with Gasteiger partial charge in [0.25, 0.3) is 0 Å². The molecule has 0 bridgehead atoms. The predicted molar refractivity (Wildman–Crippen MR) is 202 cm³/mol. The summed E-state index contributed by atoms with van der Waals surface area (Å²) in [5, 5.41) is 0. The number of benzene rings is 2. The van der Waals surface area contributed by atoms with E-state index in [2.05, 4.69) is 107 Å². The number of pyridine rings is 6. The molecule has 0 atom stereocenters. The van der Waals surface area contributed by atoms with Crippen molar-refractivity contribution in [2.75, 3.05) is 0 Å². The molecule has 0 aliphatic carbocycles. The van der Waals surface area contributed by atoms with Crippen molar-refractivity contribution >= 4 is 0 Å². The van der Waals surface area contributed by atoms with Crippen LogP contribution in [0.2, 0.25) is 0 Å². The quantitative estimate of drug-likeness (QED) is 0.210. The molecule has 8 rings (SSSR count). The van der Waals surface area contributed by atoms with E-state index >= 15 is 0 Å². The Hall–Kier alpha value is -5.88. The molecule has 17 heteroatoms. The van der Waals surface area contributed by atoms with Crippen LogP contribution in [-0.4, -0.2) is 29.9 Å². The first-order chi connectivity index (χ1) is 28.6. The minimum Gasteiger partial charge on any atom is -0.255 e. The SMILES string of the molecule is Cc1ccc(-c2cc(-c3ccccn3)nc(-c3ccccn3)c2)cc1.Cc1ccc(-c2cc(-c3ccccn3)nc(-c3ccccn3)c2)cc1.[Mn+2].[O-][Cl+3]([O-])([O-])[O-].[O-][Cl+3]([O-])([O-])[O-]. The van der Waals surface area contributed by atoms with Gasteiger partial charge in [-0.2, -0.15) is 0 Å². The number of nitrogens with zero attached hydrogens (tertiary/aromatic N) is 6. The Morgan fingerprint density at radius 2 is 0.541 bits per heavy atom. The summed E-state index contributed by atoms with van der Waals surface area (Å²) >= 11 is 0. The van der Waals surface area contributed by atoms with Crippen LogP contribution in [0.15, 0.2) is 170 Å². The van der Waals surface area contributed by atoms with Gasteiger partial charge in [-0.25, -0.2) is 47.2 Å². The molecule has 0 N–H and O–H groups in total. The molecule has 309 valence electrons. The van der Waals surface area contributed by atoms with Gasteiger partial charge in [0.05, 0.1) is 45.6 Å². The minimum atomic E-state index is -4.94. The van der Waals surface area contributed by atoms with Gasteiger partial charge in [0.1, 0.15) is 0 Å². The number of rotatable bonds is 6. The van der Waals surface area contributed by atoms with Gasteiger partial charge in [0.15, 0.2) is 0 Å². The van der Waals surface area contributed by atoms with Crippen molar-refractivity contribution in [2.45, 2.75) is 13.8 Å². The van der Waals surface area contributed by atoms with Crippen LogP contribution in [0.4, 0.5) is 0 Å². The molecule has 0 spiro atoms. The molecule has 6 heterocycles. The van der Waals surface area contributed by atoms with Crippen molar-refractivity contribution in [3.05, 3.63) is 182 Å². The van der Waals surface area contributed by atoms with Gasteiger partial charge in [-0.1, -0.05) is 83.9 Å². The van der Waals surface area contributed by atoms with Crippen molar-refractivity contribution in [1.29, 1.82) is 0 Å². The van der Waals surface area contributed by atoms with Gasteiger partial charge < -0.3 is 0 Å². The predicted octanol–water partition coefficient (Wildman–Crippen LogP) is 0.848. The molecule has 0 saturated carbocycles. The second-order valence-corrected chi connectivity index (χ2v) is 14.1. The van der Waals surface area contributed by atoms with E-state index < -0.39 is 20.5 Å². The van der Waals surface area contributed by atoms with Crippen LogP contribution >= 0.6 is 0 Å². The summed E-state index contributed by atoms with van der Waals surface area (Å²) in [7, 11) is -9.89. The van der Waals surface area contributed by atoms with Gasteiger partial charge in [-0.3, -0.25) is 19.9 Å². The maximum absolute atomic E-state index is 8.49. The van der Waals surface area contributed by atoms with Crippen LogP contribution in [0.25, 0.3) is 67.8 Å². The molecular weight excluding hydrogens is 866 g/mol. The van der Waals surface area contributed by atoms with Crippen molar-refractivity contribution in [1.82, 2.24) is 29.9 Å². The Morgan fingerprint density at radius 3 is 0.738 bits per heavy atom. The average molecular weight is 901 g/mol. The molecule has 8 aromatic rings. The van der Waals surface area contributed by atoms with E-state index in [1.165, 1.54) is 11.1 Å². The summed E-state index contributed by atoms with van der Waals surface area (Å²) in [6, 6.07) is 48.8. The van der Waals surface area contributed by atoms with Crippen LogP contribution < -0.4 is 37.3 Å². The van der Waals surface area contributed by atoms with E-state index in [1.54, 1.807) is 24.8 Å². The Kier molecular flexibility index (Phi) is 17.7. The topological polar surface area (TPSA) is 262 Å². The fourth-order valence-corrected chi connectivity index (χ4v) is 5.47. The first-order valence-corrected chi connectivity index (χ1v) is 20.1. The zero-order valence-corrected chi connectivity index (χ0v) is 34.9. The molecule has 2 aromatic carbocycles. The van der Waals surface area contributed by atoms with Crippen molar-refractivity contribution in [2.24, 2.45) is 0 Å². The number of halogens is 2. The summed E-state index contributed by atoms with van der Waals surface area (Å²) in [5.74, 6) is 0. The Bertz CT molecular complexity index is 2230. The monoisotopic (exact) mass is 899 g/mol. The third kappa shape index (κ3) is 16.6. The molecule has 1 radical (unpaired) electrons. The molecule has 61 heavy (non-hydrogen) atoms. The number of hydrogen-bond donors (Lipinski definition) is 0. The summed E-state index contributed by atoms with van der Waals surface area (Å²) in [5.41, 5.74) is 13.8. The van der Waals surface area contributed by atoms with Gasteiger partial charge in [0.2, 0.25) is 0 Å². The molecule has 0 aliphatic rings. The first-order valence-electron chi connectivity index (χ1n) is 17.7. The minimum absolute atomic E-state index is 0. The van der Waals surface area contributed by atoms with Crippen LogP contribution in [0.5, 0.6) is 0 Å². The number of aromatic nitrogens is 6. The summed E-state index contributed by atoms with van der Waals surface area (Å²) in [6.45, 7) is 4.18. The second kappa shape index (κ2) is 22.6. The molecule has 14 nitrogen and oxygen atoms in total. The molecule has 0 aliphatic heterocycles. The zero-order valence-electron chi connectivity index (χ0n) is 32.2. The third-order valence-corrected chi connectivity index (χ3v) is 8.13. The largest absolute Gasteiger partial charge is 2.00 e. The Labute approximate surface area is 366 Å². The Balaban J connectivity index is 0.000000217. The maximum Gasteiger partial charge on any atom is 2.00 e. The standard InChI is InChI=1S/2C22H17N3.2ClHO4.Mn/c2*1-16-8-10-17(11-9-16)18-14-21(19-6-2-4-12-23-19)25-22(15-18)20-7-3-5-13-24-20;2*2-1(3,4)5;/h2*2-15H,1H3;2*(H,2,3,4,5);/q;;;;+2/p-2. The summed E-state index contributed by atoms with van der Waals surface area (Å²) < 4.78 is 67.9. The van der Waals surface area contributed by atoms with E-state index in [4.69, 9.17) is 47.2 Å². The maximum atomic E-state index is 8.49. The molecule has 0 unspecified atom stereocenters. The van der Waals surface area contributed by atoms with Crippen LogP contribution in [0, 0.1) is 34.3 Å². The van der Waals surface area contributed by atoms with Gasteiger partial charge in [-0.15, -0.1) is 20.5 Å². The molecule has 0 amide bonds. The van der Waals surface area contributed by atoms with Crippen molar-refractivity contribution < 1.29 is 74.8 Å². The smallest absolute Gasteiger partial charge is 0.255 e. The van der Waals surface area contributed by atoms with Gasteiger partial charge in [0, 0.05) is 24.8 Å². The van der Waals surface area contributed by atoms with Gasteiger partial charge >= 0.3 is 17.1 Å². The van der Waals surface area contributed by atoms with Crippen LogP contribution in [-0.2, 0) is 17.1 Å². The van der Waals surface area contributed by atoms with E-state index in [1.807, 2.05) is 72.8 Å². The van der Waals surface area contributed by atoms with Crippen molar-refractivity contribution in [3.8, 4) is 67.8 Å². The number of aryl methyl sites for hydroxylation is 2. The van der Waals surface area contributed by atoms with Crippen LogP contribution in [0.1, 0.15) is 11.1 Å². The van der Waals surface area contributed by atoms with Crippen molar-refractivity contribution in [3.63, 3.8) is 0 Å². The van der Waals surface area contributed by atoms with E-state index in [0.717, 1.165) is 67.8 Å². The van der Waals surface area contributed by atoms with Crippen LogP contribution in [0.3, 0.4) is 0 Å². The Morgan fingerprint density at radius 1 is 0.311 bits per heavy atom. The average Bonchev–Trinajstić information content (AvgIpc) is 3.24.